The number of carbonyl (C=O) groups excluding carboxylic acids is 1. The Morgan fingerprint density at radius 3 is 1.90 bits per heavy atom. The van der Waals surface area contributed by atoms with Crippen LogP contribution >= 0.6 is 0 Å². The van der Waals surface area contributed by atoms with Crippen LogP contribution in [0.25, 0.3) is 0 Å². The largest absolute Gasteiger partial charge is 0.480 e. The van der Waals surface area contributed by atoms with E-state index in [2.05, 4.69) is 55.3 Å². The van der Waals surface area contributed by atoms with Crippen LogP contribution in [0.5, 0.6) is 0 Å². The van der Waals surface area contributed by atoms with E-state index in [-0.39, 0.29) is 17.5 Å². The third-order valence-corrected chi connectivity index (χ3v) is 11.5. The van der Waals surface area contributed by atoms with E-state index in [4.69, 9.17) is 4.43 Å². The number of hydrogen-bond acceptors (Lipinski definition) is 5. The van der Waals surface area contributed by atoms with E-state index in [9.17, 15) is 19.5 Å². The third kappa shape index (κ3) is 6.05. The lowest BCUT2D eigenvalue weighted by Crippen LogP contribution is -2.66. The molecule has 1 amide bonds. The van der Waals surface area contributed by atoms with E-state index in [1.807, 2.05) is 36.4 Å². The van der Waals surface area contributed by atoms with Crippen LogP contribution in [-0.4, -0.2) is 34.9 Å². The summed E-state index contributed by atoms with van der Waals surface area (Å²) in [6.07, 6.45) is 1.40. The number of carbonyl (C=O) groups is 2. The molecule has 9 heteroatoms. The molecule has 0 radical (unpaired) electrons. The van der Waals surface area contributed by atoms with Crippen molar-refractivity contribution in [3.8, 4) is 0 Å². The summed E-state index contributed by atoms with van der Waals surface area (Å²) >= 11 is 0. The molecule has 0 bridgehead atoms. The summed E-state index contributed by atoms with van der Waals surface area (Å²) in [5.74, 6) is -1.59. The summed E-state index contributed by atoms with van der Waals surface area (Å²) in [6.45, 7) is 5.85. The van der Waals surface area contributed by atoms with Crippen molar-refractivity contribution in [2.45, 2.75) is 39.0 Å². The summed E-state index contributed by atoms with van der Waals surface area (Å²) < 4.78 is 7.97. The predicted molar refractivity (Wildman–Crippen MR) is 153 cm³/mol. The van der Waals surface area contributed by atoms with Gasteiger partial charge in [-0.2, -0.15) is 4.98 Å². The number of aromatic nitrogens is 2. The molecule has 200 valence electrons. The van der Waals surface area contributed by atoms with Gasteiger partial charge in [0, 0.05) is 17.3 Å². The van der Waals surface area contributed by atoms with Gasteiger partial charge in [0.2, 0.25) is 0 Å². The molecule has 0 aliphatic carbocycles. The number of nitrogens with zero attached hydrogens (tertiary/aromatic N) is 2. The van der Waals surface area contributed by atoms with Crippen LogP contribution in [0, 0.1) is 0 Å². The molecule has 0 aliphatic rings. The Morgan fingerprint density at radius 2 is 1.41 bits per heavy atom. The minimum absolute atomic E-state index is 0.00934. The molecule has 0 saturated carbocycles. The SMILES string of the molecule is CC(C)(C)[Si](OCc1cn(CC(=O)O)c(=O)nc1NC(=O)c1ccccc1)(c1ccccc1)c1ccccc1. The van der Waals surface area contributed by atoms with Gasteiger partial charge < -0.3 is 14.8 Å². The average Bonchev–Trinajstić information content (AvgIpc) is 2.92. The van der Waals surface area contributed by atoms with Gasteiger partial charge >= 0.3 is 11.7 Å². The van der Waals surface area contributed by atoms with Gasteiger partial charge in [-0.3, -0.25) is 14.2 Å². The fraction of sp³-hybridized carbons (Fsp3) is 0.200. The van der Waals surface area contributed by atoms with Crippen molar-refractivity contribution < 1.29 is 19.1 Å². The molecule has 0 atom stereocenters. The van der Waals surface area contributed by atoms with Crippen molar-refractivity contribution in [3.63, 3.8) is 0 Å². The quantitative estimate of drug-likeness (QED) is 0.313. The highest BCUT2D eigenvalue weighted by molar-refractivity contribution is 6.99. The van der Waals surface area contributed by atoms with Crippen molar-refractivity contribution in [3.05, 3.63) is 119 Å². The van der Waals surface area contributed by atoms with Crippen LogP contribution in [0.2, 0.25) is 5.04 Å². The standard InChI is InChI=1S/C30H31N3O5Si/c1-30(2,3)39(24-15-9-5-10-16-24,25-17-11-6-12-18-25)38-21-23-19-33(20-26(34)35)29(37)32-27(23)31-28(36)22-13-7-4-8-14-22/h4-19H,20-21H2,1-3H3,(H,34,35)(H,31,32,36,37). The van der Waals surface area contributed by atoms with E-state index in [1.54, 1.807) is 30.3 Å². The molecule has 0 saturated heterocycles. The minimum atomic E-state index is -2.97. The number of aliphatic carboxylic acids is 1. The van der Waals surface area contributed by atoms with E-state index in [0.29, 0.717) is 11.1 Å². The Morgan fingerprint density at radius 1 is 0.897 bits per heavy atom. The molecule has 4 rings (SSSR count). The van der Waals surface area contributed by atoms with E-state index < -0.39 is 32.4 Å². The Hall–Kier alpha value is -4.34. The molecule has 3 aromatic carbocycles. The highest BCUT2D eigenvalue weighted by Gasteiger charge is 2.50. The van der Waals surface area contributed by atoms with Gasteiger partial charge in [-0.15, -0.1) is 0 Å². The van der Waals surface area contributed by atoms with Gasteiger partial charge in [0.1, 0.15) is 12.4 Å². The maximum atomic E-state index is 13.0. The predicted octanol–water partition coefficient (Wildman–Crippen LogP) is 3.66. The first-order valence-corrected chi connectivity index (χ1v) is 14.5. The molecule has 8 nitrogen and oxygen atoms in total. The number of amides is 1. The van der Waals surface area contributed by atoms with E-state index in [0.717, 1.165) is 14.9 Å². The second-order valence-electron chi connectivity index (χ2n) is 10.2. The maximum Gasteiger partial charge on any atom is 0.350 e. The number of anilines is 1. The lowest BCUT2D eigenvalue weighted by Gasteiger charge is -2.43. The molecule has 1 aromatic heterocycles. The minimum Gasteiger partial charge on any atom is -0.480 e. The Bertz CT molecular complexity index is 1460. The summed E-state index contributed by atoms with van der Waals surface area (Å²) in [7, 11) is -2.97. The number of carboxylic acid groups (broad SMARTS) is 1. The van der Waals surface area contributed by atoms with Gasteiger partial charge in [0.15, 0.2) is 0 Å². The van der Waals surface area contributed by atoms with Gasteiger partial charge in [-0.05, 0) is 27.5 Å². The monoisotopic (exact) mass is 541 g/mol. The normalized spacial score (nSPS) is 11.7. The van der Waals surface area contributed by atoms with Crippen LogP contribution in [0.4, 0.5) is 5.82 Å². The second-order valence-corrected chi connectivity index (χ2v) is 14.5. The molecule has 1 heterocycles. The Balaban J connectivity index is 1.81. The molecule has 0 fully saturated rings. The number of benzene rings is 3. The van der Waals surface area contributed by atoms with Crippen molar-refractivity contribution in [1.29, 1.82) is 0 Å². The number of hydrogen-bond donors (Lipinski definition) is 2. The molecular formula is C30H31N3O5Si. The van der Waals surface area contributed by atoms with Crippen molar-refractivity contribution in [1.82, 2.24) is 9.55 Å². The number of nitrogens with one attached hydrogen (secondary N) is 1. The smallest absolute Gasteiger partial charge is 0.350 e. The highest BCUT2D eigenvalue weighted by Crippen LogP contribution is 2.37. The van der Waals surface area contributed by atoms with Crippen LogP contribution in [0.3, 0.4) is 0 Å². The number of carboxylic acids is 1. The lowest BCUT2D eigenvalue weighted by molar-refractivity contribution is -0.137. The van der Waals surface area contributed by atoms with Crippen LogP contribution in [0.1, 0.15) is 36.7 Å². The zero-order chi connectivity index (χ0) is 28.0. The van der Waals surface area contributed by atoms with Crippen molar-refractivity contribution in [2.24, 2.45) is 0 Å². The Kier molecular flexibility index (Phi) is 8.23. The average molecular weight is 542 g/mol. The second kappa shape index (κ2) is 11.6. The van der Waals surface area contributed by atoms with E-state index >= 15 is 0 Å². The summed E-state index contributed by atoms with van der Waals surface area (Å²) in [6, 6.07) is 28.7. The van der Waals surface area contributed by atoms with Crippen LogP contribution < -0.4 is 21.4 Å². The van der Waals surface area contributed by atoms with Crippen LogP contribution in [0.15, 0.2) is 102 Å². The van der Waals surface area contributed by atoms with E-state index in [1.165, 1.54) is 6.20 Å². The first-order valence-electron chi connectivity index (χ1n) is 12.6. The topological polar surface area (TPSA) is 111 Å². The maximum absolute atomic E-state index is 13.0. The molecule has 4 aromatic rings. The molecule has 39 heavy (non-hydrogen) atoms. The van der Waals surface area contributed by atoms with Gasteiger partial charge in [0.05, 0.1) is 6.61 Å². The van der Waals surface area contributed by atoms with Gasteiger partial charge in [0.25, 0.3) is 14.2 Å². The van der Waals surface area contributed by atoms with Gasteiger partial charge in [-0.1, -0.05) is 99.6 Å². The fourth-order valence-electron chi connectivity index (χ4n) is 4.73. The number of rotatable bonds is 9. The summed E-state index contributed by atoms with van der Waals surface area (Å²) in [4.78, 5) is 41.1. The lowest BCUT2D eigenvalue weighted by atomic mass is 10.2. The zero-order valence-corrected chi connectivity index (χ0v) is 23.1. The molecule has 0 unspecified atom stereocenters. The fourth-order valence-corrected chi connectivity index (χ4v) is 9.25. The van der Waals surface area contributed by atoms with Crippen molar-refractivity contribution >= 4 is 36.4 Å². The summed E-state index contributed by atoms with van der Waals surface area (Å²) in [5.41, 5.74) is 0.0101. The first-order chi connectivity index (χ1) is 18.6. The van der Waals surface area contributed by atoms with Crippen LogP contribution in [-0.2, 0) is 22.4 Å². The van der Waals surface area contributed by atoms with Gasteiger partial charge in [-0.25, -0.2) is 4.79 Å². The highest BCUT2D eigenvalue weighted by atomic mass is 28.4. The molecule has 0 spiro atoms. The zero-order valence-electron chi connectivity index (χ0n) is 22.1. The molecule has 2 N–H and O–H groups in total. The molecular weight excluding hydrogens is 510 g/mol. The van der Waals surface area contributed by atoms with Crippen molar-refractivity contribution in [2.75, 3.05) is 5.32 Å². The first kappa shape index (κ1) is 27.7. The third-order valence-electron chi connectivity index (χ3n) is 6.50. The Labute approximate surface area is 228 Å². The summed E-state index contributed by atoms with van der Waals surface area (Å²) in [5, 5.41) is 13.9. The molecule has 0 aliphatic heterocycles.